The molecule has 0 atom stereocenters. The van der Waals surface area contributed by atoms with Gasteiger partial charge in [-0.15, -0.1) is 0 Å². The zero-order valence-electron chi connectivity index (χ0n) is 8.37. The number of nitro benzene ring substituents is 1. The van der Waals surface area contributed by atoms with Crippen molar-refractivity contribution in [3.8, 4) is 11.8 Å². The lowest BCUT2D eigenvalue weighted by Crippen LogP contribution is -2.01. The molecule has 0 aliphatic carbocycles. The van der Waals surface area contributed by atoms with E-state index in [1.54, 1.807) is 0 Å². The molecule has 0 saturated heterocycles. The molecule has 7 heteroatoms. The topological polar surface area (TPSA) is 84.8 Å². The highest BCUT2D eigenvalue weighted by molar-refractivity contribution is 6.30. The van der Waals surface area contributed by atoms with E-state index in [0.29, 0.717) is 0 Å². The Morgan fingerprint density at radius 1 is 1.53 bits per heavy atom. The van der Waals surface area contributed by atoms with Crippen molar-refractivity contribution in [3.63, 3.8) is 0 Å². The summed E-state index contributed by atoms with van der Waals surface area (Å²) >= 11 is 5.70. The SMILES string of the molecule is N#Cc1nccn1-c1ccc(Cl)cc1[N+](=O)[O-]. The van der Waals surface area contributed by atoms with Crippen LogP contribution in [0.15, 0.2) is 30.6 Å². The predicted octanol–water partition coefficient (Wildman–Crippen LogP) is 2.31. The minimum atomic E-state index is -0.553. The first-order valence-corrected chi connectivity index (χ1v) is 4.89. The summed E-state index contributed by atoms with van der Waals surface area (Å²) < 4.78 is 1.34. The summed E-state index contributed by atoms with van der Waals surface area (Å²) in [5, 5.41) is 20.0. The summed E-state index contributed by atoms with van der Waals surface area (Å²) in [7, 11) is 0. The second-order valence-electron chi connectivity index (χ2n) is 3.12. The third kappa shape index (κ3) is 1.96. The van der Waals surface area contributed by atoms with Gasteiger partial charge in [0, 0.05) is 23.5 Å². The number of aromatic nitrogens is 2. The standard InChI is InChI=1S/C10H5ClN4O2/c11-7-1-2-8(9(5-7)15(16)17)14-4-3-13-10(14)6-12/h1-5H. The molecule has 1 aromatic heterocycles. The van der Waals surface area contributed by atoms with Crippen LogP contribution in [0.3, 0.4) is 0 Å². The van der Waals surface area contributed by atoms with Crippen molar-refractivity contribution in [2.75, 3.05) is 0 Å². The maximum Gasteiger partial charge on any atom is 0.294 e. The lowest BCUT2D eigenvalue weighted by atomic mass is 10.2. The molecule has 0 spiro atoms. The number of nitrogens with zero attached hydrogens (tertiary/aromatic N) is 4. The molecule has 0 bridgehead atoms. The van der Waals surface area contributed by atoms with Crippen LogP contribution in [0, 0.1) is 21.4 Å². The Bertz CT molecular complexity index is 629. The highest BCUT2D eigenvalue weighted by atomic mass is 35.5. The minimum absolute atomic E-state index is 0.0791. The predicted molar refractivity (Wildman–Crippen MR) is 59.9 cm³/mol. The molecule has 1 heterocycles. The van der Waals surface area contributed by atoms with Crippen molar-refractivity contribution < 1.29 is 4.92 Å². The minimum Gasteiger partial charge on any atom is -0.285 e. The normalized spacial score (nSPS) is 9.88. The van der Waals surface area contributed by atoms with E-state index in [1.807, 2.05) is 6.07 Å². The van der Waals surface area contributed by atoms with E-state index in [9.17, 15) is 10.1 Å². The fourth-order valence-corrected chi connectivity index (χ4v) is 1.59. The van der Waals surface area contributed by atoms with Crippen LogP contribution < -0.4 is 0 Å². The smallest absolute Gasteiger partial charge is 0.285 e. The lowest BCUT2D eigenvalue weighted by molar-refractivity contribution is -0.384. The maximum absolute atomic E-state index is 10.9. The van der Waals surface area contributed by atoms with Gasteiger partial charge in [-0.1, -0.05) is 11.6 Å². The van der Waals surface area contributed by atoms with Gasteiger partial charge in [-0.2, -0.15) is 5.26 Å². The molecule has 0 fully saturated rings. The van der Waals surface area contributed by atoms with Crippen LogP contribution in [-0.2, 0) is 0 Å². The Balaban J connectivity index is 2.68. The van der Waals surface area contributed by atoms with Crippen LogP contribution in [0.4, 0.5) is 5.69 Å². The molecule has 1 aromatic carbocycles. The highest BCUT2D eigenvalue weighted by Crippen LogP contribution is 2.27. The molecule has 84 valence electrons. The Morgan fingerprint density at radius 3 is 2.94 bits per heavy atom. The van der Waals surface area contributed by atoms with Gasteiger partial charge in [-0.25, -0.2) is 4.98 Å². The van der Waals surface area contributed by atoms with Crippen molar-refractivity contribution in [2.45, 2.75) is 0 Å². The zero-order valence-corrected chi connectivity index (χ0v) is 9.13. The van der Waals surface area contributed by atoms with Gasteiger partial charge < -0.3 is 0 Å². The summed E-state index contributed by atoms with van der Waals surface area (Å²) in [6.07, 6.45) is 2.88. The molecule has 17 heavy (non-hydrogen) atoms. The fourth-order valence-electron chi connectivity index (χ4n) is 1.43. The van der Waals surface area contributed by atoms with Crippen molar-refractivity contribution in [3.05, 3.63) is 51.6 Å². The third-order valence-electron chi connectivity index (χ3n) is 2.13. The summed E-state index contributed by atoms with van der Waals surface area (Å²) in [6, 6.07) is 6.08. The molecular weight excluding hydrogens is 244 g/mol. The third-order valence-corrected chi connectivity index (χ3v) is 2.37. The first kappa shape index (κ1) is 11.1. The van der Waals surface area contributed by atoms with Crippen molar-refractivity contribution >= 4 is 17.3 Å². The largest absolute Gasteiger partial charge is 0.294 e. The summed E-state index contributed by atoms with van der Waals surface area (Å²) in [4.78, 5) is 14.1. The van der Waals surface area contributed by atoms with Crippen LogP contribution in [-0.4, -0.2) is 14.5 Å². The van der Waals surface area contributed by atoms with Gasteiger partial charge in [0.1, 0.15) is 11.8 Å². The summed E-state index contributed by atoms with van der Waals surface area (Å²) in [5.41, 5.74) is 0.0838. The van der Waals surface area contributed by atoms with Gasteiger partial charge in [0.2, 0.25) is 5.82 Å². The Hall–Kier alpha value is -2.39. The number of hydrogen-bond acceptors (Lipinski definition) is 4. The molecule has 0 amide bonds. The monoisotopic (exact) mass is 248 g/mol. The van der Waals surface area contributed by atoms with Crippen molar-refractivity contribution in [2.24, 2.45) is 0 Å². The molecule has 0 radical (unpaired) electrons. The molecule has 0 saturated carbocycles. The molecule has 6 nitrogen and oxygen atoms in total. The summed E-state index contributed by atoms with van der Waals surface area (Å²) in [6.45, 7) is 0. The molecule has 2 rings (SSSR count). The summed E-state index contributed by atoms with van der Waals surface area (Å²) in [5.74, 6) is 0.0791. The Labute approximate surface area is 101 Å². The lowest BCUT2D eigenvalue weighted by Gasteiger charge is -2.04. The maximum atomic E-state index is 10.9. The molecule has 2 aromatic rings. The van der Waals surface area contributed by atoms with E-state index in [-0.39, 0.29) is 22.2 Å². The van der Waals surface area contributed by atoms with Crippen molar-refractivity contribution in [1.29, 1.82) is 5.26 Å². The second kappa shape index (κ2) is 4.23. The van der Waals surface area contributed by atoms with Crippen LogP contribution in [0.5, 0.6) is 0 Å². The van der Waals surface area contributed by atoms with E-state index in [4.69, 9.17) is 16.9 Å². The number of halogens is 1. The quantitative estimate of drug-likeness (QED) is 0.603. The van der Waals surface area contributed by atoms with Crippen molar-refractivity contribution in [1.82, 2.24) is 9.55 Å². The van der Waals surface area contributed by atoms with Gasteiger partial charge in [0.15, 0.2) is 0 Å². The number of nitriles is 1. The van der Waals surface area contributed by atoms with Gasteiger partial charge >= 0.3 is 0 Å². The molecule has 0 aliphatic rings. The van der Waals surface area contributed by atoms with Gasteiger partial charge in [-0.3, -0.25) is 14.7 Å². The van der Waals surface area contributed by atoms with Crippen LogP contribution in [0.25, 0.3) is 5.69 Å². The van der Waals surface area contributed by atoms with Gasteiger partial charge in [-0.05, 0) is 12.1 Å². The van der Waals surface area contributed by atoms with E-state index in [0.717, 1.165) is 0 Å². The zero-order chi connectivity index (χ0) is 12.4. The fraction of sp³-hybridized carbons (Fsp3) is 0. The Kier molecular flexibility index (Phi) is 2.77. The molecule has 0 unspecified atom stereocenters. The van der Waals surface area contributed by atoms with E-state index >= 15 is 0 Å². The van der Waals surface area contributed by atoms with Crippen LogP contribution in [0.2, 0.25) is 5.02 Å². The van der Waals surface area contributed by atoms with Crippen LogP contribution >= 0.6 is 11.6 Å². The highest BCUT2D eigenvalue weighted by Gasteiger charge is 2.17. The molecule has 0 N–H and O–H groups in total. The van der Waals surface area contributed by atoms with E-state index in [2.05, 4.69) is 4.98 Å². The average molecular weight is 249 g/mol. The number of imidazole rings is 1. The number of hydrogen-bond donors (Lipinski definition) is 0. The van der Waals surface area contributed by atoms with Crippen LogP contribution in [0.1, 0.15) is 5.82 Å². The van der Waals surface area contributed by atoms with Gasteiger partial charge in [0.05, 0.1) is 4.92 Å². The first-order valence-electron chi connectivity index (χ1n) is 4.51. The number of rotatable bonds is 2. The van der Waals surface area contributed by atoms with Gasteiger partial charge in [0.25, 0.3) is 5.69 Å². The van der Waals surface area contributed by atoms with E-state index in [1.165, 1.54) is 35.2 Å². The molecule has 0 aliphatic heterocycles. The second-order valence-corrected chi connectivity index (χ2v) is 3.56. The average Bonchev–Trinajstić information content (AvgIpc) is 2.76. The van der Waals surface area contributed by atoms with E-state index < -0.39 is 4.92 Å². The first-order chi connectivity index (χ1) is 8.13. The number of nitro groups is 1. The Morgan fingerprint density at radius 2 is 2.29 bits per heavy atom. The molecular formula is C10H5ClN4O2. The number of benzene rings is 1.